The topological polar surface area (TPSA) is 58.1 Å². The van der Waals surface area contributed by atoms with Gasteiger partial charge in [-0.3, -0.25) is 4.79 Å². The molecule has 8 heteroatoms. The molecule has 0 spiro atoms. The number of thiophene rings is 1. The summed E-state index contributed by atoms with van der Waals surface area (Å²) < 4.78 is 0.804. The van der Waals surface area contributed by atoms with Crippen molar-refractivity contribution in [1.29, 1.82) is 0 Å². The first-order valence-electron chi connectivity index (χ1n) is 8.73. The highest BCUT2D eigenvalue weighted by molar-refractivity contribution is 8.01. The molecule has 0 atom stereocenters. The molecule has 0 aliphatic heterocycles. The molecule has 1 aromatic carbocycles. The van der Waals surface area contributed by atoms with Crippen LogP contribution in [0.25, 0.3) is 0 Å². The molecular weight excluding hydrogens is 396 g/mol. The smallest absolute Gasteiger partial charge is 0.237 e. The van der Waals surface area contributed by atoms with Gasteiger partial charge in [0.15, 0.2) is 4.34 Å². The number of hydrogen-bond donors (Lipinski definition) is 1. The van der Waals surface area contributed by atoms with Crippen molar-refractivity contribution in [2.24, 2.45) is 0 Å². The Bertz CT molecular complexity index is 834. The van der Waals surface area contributed by atoms with E-state index in [-0.39, 0.29) is 11.9 Å². The van der Waals surface area contributed by atoms with Crippen molar-refractivity contribution in [2.45, 2.75) is 30.6 Å². The second-order valence-corrected chi connectivity index (χ2v) is 9.34. The minimum Gasteiger partial charge on any atom is -0.360 e. The summed E-state index contributed by atoms with van der Waals surface area (Å²) in [5.41, 5.74) is 0.922. The fourth-order valence-electron chi connectivity index (χ4n) is 2.60. The lowest BCUT2D eigenvalue weighted by Gasteiger charge is -2.26. The summed E-state index contributed by atoms with van der Waals surface area (Å²) >= 11 is 4.69. The Kier molecular flexibility index (Phi) is 7.25. The van der Waals surface area contributed by atoms with E-state index in [4.69, 9.17) is 0 Å². The molecule has 2 aromatic heterocycles. The maximum Gasteiger partial charge on any atom is 0.237 e. The Balaban J connectivity index is 1.50. The maximum absolute atomic E-state index is 12.7. The number of anilines is 2. The second kappa shape index (κ2) is 9.87. The predicted molar refractivity (Wildman–Crippen MR) is 116 cm³/mol. The van der Waals surface area contributed by atoms with E-state index in [1.54, 1.807) is 11.3 Å². The van der Waals surface area contributed by atoms with Gasteiger partial charge in [-0.15, -0.1) is 21.5 Å². The Morgan fingerprint density at radius 3 is 2.70 bits per heavy atom. The van der Waals surface area contributed by atoms with Gasteiger partial charge >= 0.3 is 0 Å². The molecule has 0 unspecified atom stereocenters. The lowest BCUT2D eigenvalue weighted by molar-refractivity contribution is -0.116. The largest absolute Gasteiger partial charge is 0.360 e. The number of amides is 1. The molecule has 3 rings (SSSR count). The van der Waals surface area contributed by atoms with Crippen LogP contribution in [0.3, 0.4) is 0 Å². The van der Waals surface area contributed by atoms with Crippen LogP contribution in [0, 0.1) is 0 Å². The van der Waals surface area contributed by atoms with Crippen molar-refractivity contribution in [3.05, 3.63) is 52.7 Å². The minimum absolute atomic E-state index is 0.0728. The Labute approximate surface area is 171 Å². The summed E-state index contributed by atoms with van der Waals surface area (Å²) in [5.74, 6) is 0.417. The molecule has 0 saturated carbocycles. The number of para-hydroxylation sites is 1. The van der Waals surface area contributed by atoms with Gasteiger partial charge in [0.25, 0.3) is 0 Å². The molecular formula is C19H22N4OS3. The van der Waals surface area contributed by atoms with E-state index >= 15 is 0 Å². The van der Waals surface area contributed by atoms with Gasteiger partial charge in [0.1, 0.15) is 0 Å². The monoisotopic (exact) mass is 418 g/mol. The number of benzene rings is 1. The van der Waals surface area contributed by atoms with Crippen molar-refractivity contribution >= 4 is 51.2 Å². The van der Waals surface area contributed by atoms with Crippen LogP contribution in [-0.4, -0.2) is 34.4 Å². The summed E-state index contributed by atoms with van der Waals surface area (Å²) in [4.78, 5) is 15.9. The molecule has 0 aliphatic carbocycles. The van der Waals surface area contributed by atoms with Crippen molar-refractivity contribution in [1.82, 2.24) is 10.2 Å². The molecule has 0 bridgehead atoms. The zero-order valence-electron chi connectivity index (χ0n) is 15.3. The van der Waals surface area contributed by atoms with E-state index in [1.165, 1.54) is 28.0 Å². The molecule has 0 fully saturated rings. The van der Waals surface area contributed by atoms with E-state index < -0.39 is 0 Å². The first-order chi connectivity index (χ1) is 13.1. The standard InChI is InChI=1S/C19H22N4OS3/c1-14(2)23(15-7-4-3-5-8-15)17(24)13-26-19-22-21-18(27-19)20-11-10-16-9-6-12-25-16/h3-9,12,14H,10-11,13H2,1-2H3,(H,20,21). The van der Waals surface area contributed by atoms with Crippen LogP contribution in [0.5, 0.6) is 0 Å². The first-order valence-corrected chi connectivity index (χ1v) is 11.4. The third-order valence-electron chi connectivity index (χ3n) is 3.77. The Morgan fingerprint density at radius 2 is 2.00 bits per heavy atom. The third kappa shape index (κ3) is 5.79. The number of hydrogen-bond acceptors (Lipinski definition) is 7. The van der Waals surface area contributed by atoms with Gasteiger partial charge in [-0.2, -0.15) is 0 Å². The third-order valence-corrected chi connectivity index (χ3v) is 6.71. The molecule has 3 aromatic rings. The highest BCUT2D eigenvalue weighted by Crippen LogP contribution is 2.27. The number of thioether (sulfide) groups is 1. The Hall–Kier alpha value is -1.90. The second-order valence-electron chi connectivity index (χ2n) is 6.11. The van der Waals surface area contributed by atoms with Crippen molar-refractivity contribution in [3.8, 4) is 0 Å². The van der Waals surface area contributed by atoms with Crippen LogP contribution in [0.15, 0.2) is 52.2 Å². The van der Waals surface area contributed by atoms with Crippen molar-refractivity contribution < 1.29 is 4.79 Å². The molecule has 27 heavy (non-hydrogen) atoms. The van der Waals surface area contributed by atoms with Crippen LogP contribution in [-0.2, 0) is 11.2 Å². The molecule has 0 saturated heterocycles. The van der Waals surface area contributed by atoms with Gasteiger partial charge in [-0.25, -0.2) is 0 Å². The average Bonchev–Trinajstić information content (AvgIpc) is 3.33. The van der Waals surface area contributed by atoms with Crippen molar-refractivity contribution in [3.63, 3.8) is 0 Å². The molecule has 0 radical (unpaired) electrons. The number of carbonyl (C=O) groups is 1. The summed E-state index contributed by atoms with van der Waals surface area (Å²) in [7, 11) is 0. The molecule has 1 amide bonds. The number of rotatable bonds is 9. The zero-order valence-corrected chi connectivity index (χ0v) is 17.7. The van der Waals surface area contributed by atoms with Crippen LogP contribution in [0.1, 0.15) is 18.7 Å². The molecule has 5 nitrogen and oxygen atoms in total. The maximum atomic E-state index is 12.7. The molecule has 1 N–H and O–H groups in total. The summed E-state index contributed by atoms with van der Waals surface area (Å²) in [6, 6.07) is 14.1. The van der Waals surface area contributed by atoms with Crippen LogP contribution in [0.4, 0.5) is 10.8 Å². The van der Waals surface area contributed by atoms with Gasteiger partial charge in [0.2, 0.25) is 11.0 Å². The predicted octanol–water partition coefficient (Wildman–Crippen LogP) is 4.79. The average molecular weight is 419 g/mol. The Morgan fingerprint density at radius 1 is 1.19 bits per heavy atom. The van der Waals surface area contributed by atoms with Gasteiger partial charge in [0, 0.05) is 23.2 Å². The first kappa shape index (κ1) is 19.9. The zero-order chi connectivity index (χ0) is 19.1. The van der Waals surface area contributed by atoms with E-state index in [2.05, 4.69) is 33.0 Å². The van der Waals surface area contributed by atoms with E-state index in [0.29, 0.717) is 5.75 Å². The quantitative estimate of drug-likeness (QED) is 0.507. The van der Waals surface area contributed by atoms with E-state index in [1.807, 2.05) is 49.1 Å². The van der Waals surface area contributed by atoms with Gasteiger partial charge < -0.3 is 10.2 Å². The number of nitrogens with zero attached hydrogens (tertiary/aromatic N) is 3. The fourth-order valence-corrected chi connectivity index (χ4v) is 4.94. The fraction of sp³-hybridized carbons (Fsp3) is 0.316. The van der Waals surface area contributed by atoms with Gasteiger partial charge in [-0.1, -0.05) is 47.4 Å². The highest BCUT2D eigenvalue weighted by Gasteiger charge is 2.19. The normalized spacial score (nSPS) is 10.9. The molecule has 2 heterocycles. The van der Waals surface area contributed by atoms with Crippen LogP contribution >= 0.6 is 34.4 Å². The minimum atomic E-state index is 0.0728. The van der Waals surface area contributed by atoms with Gasteiger partial charge in [-0.05, 0) is 43.8 Å². The number of aromatic nitrogens is 2. The number of carbonyl (C=O) groups excluding carboxylic acids is 1. The van der Waals surface area contributed by atoms with Crippen LogP contribution in [0.2, 0.25) is 0 Å². The molecule has 0 aliphatic rings. The SMILES string of the molecule is CC(C)N(C(=O)CSc1nnc(NCCc2cccs2)s1)c1ccccc1. The number of nitrogens with one attached hydrogen (secondary N) is 1. The van der Waals surface area contributed by atoms with E-state index in [9.17, 15) is 4.79 Å². The van der Waals surface area contributed by atoms with Gasteiger partial charge in [0.05, 0.1) is 5.75 Å². The summed E-state index contributed by atoms with van der Waals surface area (Å²) in [5, 5.41) is 14.5. The summed E-state index contributed by atoms with van der Waals surface area (Å²) in [6.45, 7) is 4.88. The van der Waals surface area contributed by atoms with E-state index in [0.717, 1.165) is 28.1 Å². The van der Waals surface area contributed by atoms with Crippen LogP contribution < -0.4 is 10.2 Å². The lowest BCUT2D eigenvalue weighted by atomic mass is 10.2. The molecule has 142 valence electrons. The van der Waals surface area contributed by atoms with Crippen molar-refractivity contribution in [2.75, 3.05) is 22.5 Å². The summed E-state index contributed by atoms with van der Waals surface area (Å²) in [6.07, 6.45) is 0.971. The highest BCUT2D eigenvalue weighted by atomic mass is 32.2. The lowest BCUT2D eigenvalue weighted by Crippen LogP contribution is -2.38.